The van der Waals surface area contributed by atoms with Gasteiger partial charge in [0.15, 0.2) is 5.69 Å². The van der Waals surface area contributed by atoms with Crippen molar-refractivity contribution in [2.24, 2.45) is 0 Å². The van der Waals surface area contributed by atoms with Crippen molar-refractivity contribution < 1.29 is 4.92 Å². The first-order chi connectivity index (χ1) is 6.75. The summed E-state index contributed by atoms with van der Waals surface area (Å²) in [5, 5.41) is 22.4. The van der Waals surface area contributed by atoms with E-state index in [1.54, 1.807) is 0 Å². The maximum absolute atomic E-state index is 10.5. The summed E-state index contributed by atoms with van der Waals surface area (Å²) in [6, 6.07) is 0. The van der Waals surface area contributed by atoms with Gasteiger partial charge in [0.2, 0.25) is 0 Å². The van der Waals surface area contributed by atoms with Gasteiger partial charge in [0, 0.05) is 13.1 Å². The lowest BCUT2D eigenvalue weighted by atomic mass is 10.5. The van der Waals surface area contributed by atoms with E-state index in [9.17, 15) is 10.1 Å². The standard InChI is InChI=1S/C7H13N5O2/c1-2-8-3-4-9-6-5-10-11-7(6)12(13)14/h5,8-9H,2-4H2,1H3,(H,10,11). The van der Waals surface area contributed by atoms with Crippen LogP contribution in [0.4, 0.5) is 11.5 Å². The molecule has 1 rings (SSSR count). The minimum absolute atomic E-state index is 0.0958. The molecule has 0 fully saturated rings. The van der Waals surface area contributed by atoms with E-state index in [0.29, 0.717) is 12.2 Å². The quantitative estimate of drug-likeness (QED) is 0.349. The number of anilines is 1. The molecule has 14 heavy (non-hydrogen) atoms. The number of aromatic amines is 1. The molecule has 3 N–H and O–H groups in total. The predicted octanol–water partition coefficient (Wildman–Crippen LogP) is 0.339. The van der Waals surface area contributed by atoms with Crippen molar-refractivity contribution in [3.8, 4) is 0 Å². The monoisotopic (exact) mass is 199 g/mol. The number of H-pyrrole nitrogens is 1. The van der Waals surface area contributed by atoms with Crippen molar-refractivity contribution in [3.05, 3.63) is 16.3 Å². The Kier molecular flexibility index (Phi) is 3.86. The SMILES string of the molecule is CCNCCNc1cn[nH]c1[N+](=O)[O-]. The molecule has 0 aliphatic rings. The van der Waals surface area contributed by atoms with Gasteiger partial charge in [0.1, 0.15) is 6.20 Å². The second-order valence-corrected chi connectivity index (χ2v) is 2.67. The molecule has 0 spiro atoms. The van der Waals surface area contributed by atoms with Crippen molar-refractivity contribution in [1.82, 2.24) is 15.5 Å². The Morgan fingerprint density at radius 1 is 1.64 bits per heavy atom. The summed E-state index contributed by atoms with van der Waals surface area (Å²) < 4.78 is 0. The minimum atomic E-state index is -0.497. The highest BCUT2D eigenvalue weighted by molar-refractivity contribution is 5.55. The number of hydrogen-bond acceptors (Lipinski definition) is 5. The van der Waals surface area contributed by atoms with Crippen LogP contribution in [0.1, 0.15) is 6.92 Å². The van der Waals surface area contributed by atoms with Gasteiger partial charge in [-0.15, -0.1) is 5.10 Å². The Labute approximate surface area is 81.0 Å². The highest BCUT2D eigenvalue weighted by Gasteiger charge is 2.13. The average Bonchev–Trinajstić information content (AvgIpc) is 2.60. The van der Waals surface area contributed by atoms with Gasteiger partial charge in [-0.05, 0) is 11.5 Å². The van der Waals surface area contributed by atoms with Crippen molar-refractivity contribution in [2.75, 3.05) is 25.0 Å². The van der Waals surface area contributed by atoms with Crippen LogP contribution in [0, 0.1) is 10.1 Å². The van der Waals surface area contributed by atoms with Crippen molar-refractivity contribution in [1.29, 1.82) is 0 Å². The summed E-state index contributed by atoms with van der Waals surface area (Å²) in [6.07, 6.45) is 1.41. The van der Waals surface area contributed by atoms with Gasteiger partial charge in [-0.2, -0.15) is 0 Å². The summed E-state index contributed by atoms with van der Waals surface area (Å²) in [7, 11) is 0. The molecule has 1 aromatic heterocycles. The molecule has 0 aromatic carbocycles. The Bertz CT molecular complexity index is 298. The van der Waals surface area contributed by atoms with E-state index in [-0.39, 0.29) is 5.82 Å². The van der Waals surface area contributed by atoms with Crippen LogP contribution in [0.3, 0.4) is 0 Å². The fourth-order valence-corrected chi connectivity index (χ4v) is 1.01. The van der Waals surface area contributed by atoms with Crippen LogP contribution in [-0.2, 0) is 0 Å². The fraction of sp³-hybridized carbons (Fsp3) is 0.571. The van der Waals surface area contributed by atoms with Gasteiger partial charge in [-0.3, -0.25) is 0 Å². The third kappa shape index (κ3) is 2.70. The van der Waals surface area contributed by atoms with Gasteiger partial charge in [-0.25, -0.2) is 0 Å². The smallest absolute Gasteiger partial charge is 0.366 e. The molecule has 7 nitrogen and oxygen atoms in total. The number of nitrogens with zero attached hydrogens (tertiary/aromatic N) is 2. The van der Waals surface area contributed by atoms with Gasteiger partial charge in [-0.1, -0.05) is 12.0 Å². The normalized spacial score (nSPS) is 10.1. The van der Waals surface area contributed by atoms with Crippen molar-refractivity contribution in [3.63, 3.8) is 0 Å². The zero-order valence-corrected chi connectivity index (χ0v) is 7.91. The van der Waals surface area contributed by atoms with E-state index in [1.807, 2.05) is 6.92 Å². The summed E-state index contributed by atoms with van der Waals surface area (Å²) in [5.41, 5.74) is 0.424. The molecule has 0 aliphatic carbocycles. The summed E-state index contributed by atoms with van der Waals surface area (Å²) in [5.74, 6) is -0.0958. The molecule has 0 bridgehead atoms. The van der Waals surface area contributed by atoms with Gasteiger partial charge in [0.05, 0.1) is 0 Å². The molecule has 0 unspecified atom stereocenters. The summed E-state index contributed by atoms with van der Waals surface area (Å²) >= 11 is 0. The van der Waals surface area contributed by atoms with Crippen molar-refractivity contribution in [2.45, 2.75) is 6.92 Å². The molecule has 7 heteroatoms. The second kappa shape index (κ2) is 5.18. The number of nitrogens with one attached hydrogen (secondary N) is 3. The van der Waals surface area contributed by atoms with E-state index in [2.05, 4.69) is 20.8 Å². The molecule has 78 valence electrons. The van der Waals surface area contributed by atoms with Crippen LogP contribution in [0.5, 0.6) is 0 Å². The van der Waals surface area contributed by atoms with Crippen molar-refractivity contribution >= 4 is 11.5 Å². The van der Waals surface area contributed by atoms with Crippen LogP contribution in [0.15, 0.2) is 6.20 Å². The number of aromatic nitrogens is 2. The summed E-state index contributed by atoms with van der Waals surface area (Å²) in [4.78, 5) is 9.95. The van der Waals surface area contributed by atoms with Crippen LogP contribution in [-0.4, -0.2) is 34.8 Å². The number of rotatable bonds is 6. The number of likely N-dealkylation sites (N-methyl/N-ethyl adjacent to an activating group) is 1. The first kappa shape index (κ1) is 10.5. The predicted molar refractivity (Wildman–Crippen MR) is 52.3 cm³/mol. The lowest BCUT2D eigenvalue weighted by Crippen LogP contribution is -2.21. The Morgan fingerprint density at radius 3 is 3.07 bits per heavy atom. The van der Waals surface area contributed by atoms with Gasteiger partial charge in [0.25, 0.3) is 0 Å². The molecule has 1 heterocycles. The molecule has 0 aliphatic heterocycles. The Morgan fingerprint density at radius 2 is 2.43 bits per heavy atom. The molecule has 0 atom stereocenters. The first-order valence-electron chi connectivity index (χ1n) is 4.38. The highest BCUT2D eigenvalue weighted by Crippen LogP contribution is 2.18. The zero-order valence-electron chi connectivity index (χ0n) is 7.91. The maximum Gasteiger partial charge on any atom is 0.366 e. The van der Waals surface area contributed by atoms with E-state index >= 15 is 0 Å². The molecule has 0 saturated heterocycles. The molecular weight excluding hydrogens is 186 g/mol. The molecule has 0 saturated carbocycles. The Balaban J connectivity index is 2.42. The van der Waals surface area contributed by atoms with E-state index in [0.717, 1.165) is 13.1 Å². The van der Waals surface area contributed by atoms with E-state index < -0.39 is 4.92 Å². The molecule has 1 aromatic rings. The van der Waals surface area contributed by atoms with Crippen LogP contribution >= 0.6 is 0 Å². The van der Waals surface area contributed by atoms with E-state index in [4.69, 9.17) is 0 Å². The van der Waals surface area contributed by atoms with Crippen LogP contribution < -0.4 is 10.6 Å². The molecule has 0 radical (unpaired) electrons. The Hall–Kier alpha value is -1.63. The van der Waals surface area contributed by atoms with E-state index in [1.165, 1.54) is 6.20 Å². The average molecular weight is 199 g/mol. The zero-order chi connectivity index (χ0) is 10.4. The van der Waals surface area contributed by atoms with Crippen LogP contribution in [0.25, 0.3) is 0 Å². The number of hydrogen-bond donors (Lipinski definition) is 3. The third-order valence-electron chi connectivity index (χ3n) is 1.67. The first-order valence-corrected chi connectivity index (χ1v) is 4.38. The lowest BCUT2D eigenvalue weighted by molar-refractivity contribution is -0.388. The number of nitro groups is 1. The largest absolute Gasteiger partial charge is 0.376 e. The second-order valence-electron chi connectivity index (χ2n) is 2.67. The maximum atomic E-state index is 10.5. The topological polar surface area (TPSA) is 95.9 Å². The van der Waals surface area contributed by atoms with Gasteiger partial charge >= 0.3 is 5.82 Å². The highest BCUT2D eigenvalue weighted by atomic mass is 16.6. The molecule has 0 amide bonds. The lowest BCUT2D eigenvalue weighted by Gasteiger charge is -2.03. The molecular formula is C7H13N5O2. The summed E-state index contributed by atoms with van der Waals surface area (Å²) in [6.45, 7) is 4.28. The van der Waals surface area contributed by atoms with Gasteiger partial charge < -0.3 is 20.7 Å². The third-order valence-corrected chi connectivity index (χ3v) is 1.67. The fourth-order valence-electron chi connectivity index (χ4n) is 1.01. The minimum Gasteiger partial charge on any atom is -0.376 e. The van der Waals surface area contributed by atoms with Crippen LogP contribution in [0.2, 0.25) is 0 Å².